The van der Waals surface area contributed by atoms with Crippen molar-refractivity contribution >= 4 is 11.6 Å². The number of rotatable bonds is 3. The Labute approximate surface area is 132 Å². The average Bonchev–Trinajstić information content (AvgIpc) is 3.04. The molecule has 0 radical (unpaired) electrons. The number of aliphatic hydroxyl groups is 1. The Morgan fingerprint density at radius 3 is 2.65 bits per heavy atom. The monoisotopic (exact) mass is 314 g/mol. The lowest BCUT2D eigenvalue weighted by atomic mass is 10.1. The molecule has 1 unspecified atom stereocenters. The van der Waals surface area contributed by atoms with Crippen LogP contribution in [0.25, 0.3) is 0 Å². The van der Waals surface area contributed by atoms with Crippen LogP contribution in [-0.2, 0) is 4.79 Å². The summed E-state index contributed by atoms with van der Waals surface area (Å²) < 4.78 is 12.9. The summed E-state index contributed by atoms with van der Waals surface area (Å²) in [5, 5.41) is 25.0. The van der Waals surface area contributed by atoms with E-state index in [1.54, 1.807) is 24.3 Å². The van der Waals surface area contributed by atoms with Gasteiger partial charge in [-0.2, -0.15) is 5.10 Å². The Bertz CT molecular complexity index is 759. The van der Waals surface area contributed by atoms with Crippen LogP contribution in [0.15, 0.2) is 53.6 Å². The highest BCUT2D eigenvalue weighted by atomic mass is 19.1. The Morgan fingerprint density at radius 2 is 1.96 bits per heavy atom. The third-order valence-electron chi connectivity index (χ3n) is 3.65. The zero-order valence-electron chi connectivity index (χ0n) is 12.2. The molecule has 1 atom stereocenters. The fraction of sp³-hybridized carbons (Fsp3) is 0.176. The van der Waals surface area contributed by atoms with Gasteiger partial charge in [0.1, 0.15) is 11.6 Å². The Hall–Kier alpha value is -2.73. The van der Waals surface area contributed by atoms with Gasteiger partial charge in [-0.25, -0.2) is 9.40 Å². The minimum atomic E-state index is -1.39. The van der Waals surface area contributed by atoms with Crippen LogP contribution in [0, 0.1) is 5.82 Å². The average molecular weight is 314 g/mol. The van der Waals surface area contributed by atoms with Crippen molar-refractivity contribution < 1.29 is 19.4 Å². The minimum Gasteiger partial charge on any atom is -0.508 e. The van der Waals surface area contributed by atoms with Crippen molar-refractivity contribution in [2.24, 2.45) is 5.10 Å². The van der Waals surface area contributed by atoms with E-state index in [1.165, 1.54) is 29.3 Å². The summed E-state index contributed by atoms with van der Waals surface area (Å²) >= 11 is 0. The smallest absolute Gasteiger partial charge is 0.276 e. The normalized spacial score (nSPS) is 15.4. The number of carbonyl (C=O) groups is 1. The molecule has 1 aliphatic heterocycles. The minimum absolute atomic E-state index is 0.0220. The molecule has 2 aromatic carbocycles. The van der Waals surface area contributed by atoms with Crippen LogP contribution in [0.1, 0.15) is 23.7 Å². The van der Waals surface area contributed by atoms with Gasteiger partial charge in [-0.1, -0.05) is 24.3 Å². The summed E-state index contributed by atoms with van der Waals surface area (Å²) in [6.45, 7) is 0.349. The van der Waals surface area contributed by atoms with Gasteiger partial charge in [0.15, 0.2) is 6.10 Å². The van der Waals surface area contributed by atoms with Crippen LogP contribution in [0.2, 0.25) is 0 Å². The van der Waals surface area contributed by atoms with E-state index in [4.69, 9.17) is 0 Å². The zero-order valence-corrected chi connectivity index (χ0v) is 12.2. The largest absolute Gasteiger partial charge is 0.508 e. The van der Waals surface area contributed by atoms with Crippen LogP contribution in [0.5, 0.6) is 5.75 Å². The van der Waals surface area contributed by atoms with Crippen molar-refractivity contribution in [1.82, 2.24) is 5.01 Å². The molecular formula is C17H15FN2O3. The molecule has 0 saturated heterocycles. The predicted molar refractivity (Wildman–Crippen MR) is 82.3 cm³/mol. The molecule has 0 bridgehead atoms. The maximum atomic E-state index is 12.9. The van der Waals surface area contributed by atoms with E-state index >= 15 is 0 Å². The van der Waals surface area contributed by atoms with E-state index in [1.807, 2.05) is 0 Å². The molecule has 0 aromatic heterocycles. The fourth-order valence-electron chi connectivity index (χ4n) is 2.44. The van der Waals surface area contributed by atoms with Crippen molar-refractivity contribution in [2.75, 3.05) is 6.54 Å². The quantitative estimate of drug-likeness (QED) is 0.912. The third-order valence-corrected chi connectivity index (χ3v) is 3.65. The number of aromatic hydroxyl groups is 1. The van der Waals surface area contributed by atoms with Gasteiger partial charge < -0.3 is 10.2 Å². The molecule has 0 saturated carbocycles. The molecular weight excluding hydrogens is 299 g/mol. The molecule has 1 aliphatic rings. The SMILES string of the molecule is O=C(C(O)c1cccc(O)c1)N1CCC(c2ccc(F)cc2)=N1. The molecule has 23 heavy (non-hydrogen) atoms. The molecule has 5 nitrogen and oxygen atoms in total. The first-order valence-corrected chi connectivity index (χ1v) is 7.16. The van der Waals surface area contributed by atoms with E-state index < -0.39 is 12.0 Å². The Kier molecular flexibility index (Phi) is 4.08. The van der Waals surface area contributed by atoms with Crippen LogP contribution in [-0.4, -0.2) is 33.4 Å². The molecule has 0 aliphatic carbocycles. The third kappa shape index (κ3) is 3.22. The van der Waals surface area contributed by atoms with E-state index in [0.29, 0.717) is 24.2 Å². The highest BCUT2D eigenvalue weighted by Crippen LogP contribution is 2.23. The summed E-state index contributed by atoms with van der Waals surface area (Å²) in [5.74, 6) is -0.918. The first-order valence-electron chi connectivity index (χ1n) is 7.16. The van der Waals surface area contributed by atoms with Crippen molar-refractivity contribution in [3.05, 3.63) is 65.5 Å². The molecule has 1 heterocycles. The van der Waals surface area contributed by atoms with Crippen molar-refractivity contribution in [1.29, 1.82) is 0 Å². The maximum absolute atomic E-state index is 12.9. The second kappa shape index (κ2) is 6.18. The molecule has 2 aromatic rings. The Morgan fingerprint density at radius 1 is 1.22 bits per heavy atom. The molecule has 3 rings (SSSR count). The molecule has 0 spiro atoms. The first kappa shape index (κ1) is 15.2. The molecule has 1 amide bonds. The van der Waals surface area contributed by atoms with Gasteiger partial charge >= 0.3 is 0 Å². The molecule has 118 valence electrons. The van der Waals surface area contributed by atoms with Crippen LogP contribution >= 0.6 is 0 Å². The van der Waals surface area contributed by atoms with Gasteiger partial charge in [0, 0.05) is 6.42 Å². The van der Waals surface area contributed by atoms with Gasteiger partial charge in [0.25, 0.3) is 5.91 Å². The van der Waals surface area contributed by atoms with Gasteiger partial charge in [0.05, 0.1) is 12.3 Å². The van der Waals surface area contributed by atoms with Crippen LogP contribution < -0.4 is 0 Å². The topological polar surface area (TPSA) is 73.1 Å². The summed E-state index contributed by atoms with van der Waals surface area (Å²) in [7, 11) is 0. The summed E-state index contributed by atoms with van der Waals surface area (Å²) in [6.07, 6.45) is -0.858. The Balaban J connectivity index is 1.77. The number of amides is 1. The number of halogens is 1. The standard InChI is InChI=1S/C17H15FN2O3/c18-13-6-4-11(5-7-13)15-8-9-20(19-15)17(23)16(22)12-2-1-3-14(21)10-12/h1-7,10,16,21-22H,8-9H2. The molecule has 6 heteroatoms. The predicted octanol–water partition coefficient (Wildman–Crippen LogP) is 2.20. The number of benzene rings is 2. The number of phenolic OH excluding ortho intramolecular Hbond substituents is 1. The van der Waals surface area contributed by atoms with E-state index in [2.05, 4.69) is 5.10 Å². The van der Waals surface area contributed by atoms with Crippen LogP contribution in [0.3, 0.4) is 0 Å². The number of hydrogen-bond donors (Lipinski definition) is 2. The summed E-state index contributed by atoms with van der Waals surface area (Å²) in [4.78, 5) is 12.3. The number of hydrazone groups is 1. The first-order chi connectivity index (χ1) is 11.0. The second-order valence-corrected chi connectivity index (χ2v) is 5.26. The van der Waals surface area contributed by atoms with Gasteiger partial charge in [0.2, 0.25) is 0 Å². The number of aliphatic hydroxyl groups excluding tert-OH is 1. The van der Waals surface area contributed by atoms with E-state index in [-0.39, 0.29) is 11.6 Å². The molecule has 2 N–H and O–H groups in total. The van der Waals surface area contributed by atoms with Crippen LogP contribution in [0.4, 0.5) is 4.39 Å². The highest BCUT2D eigenvalue weighted by Gasteiger charge is 2.28. The summed E-state index contributed by atoms with van der Waals surface area (Å²) in [5.41, 5.74) is 1.72. The molecule has 0 fully saturated rings. The lowest BCUT2D eigenvalue weighted by molar-refractivity contribution is -0.140. The van der Waals surface area contributed by atoms with Gasteiger partial charge in [-0.15, -0.1) is 0 Å². The summed E-state index contributed by atoms with van der Waals surface area (Å²) in [6, 6.07) is 11.8. The number of carbonyl (C=O) groups excluding carboxylic acids is 1. The van der Waals surface area contributed by atoms with E-state index in [0.717, 1.165) is 5.56 Å². The maximum Gasteiger partial charge on any atom is 0.276 e. The van der Waals surface area contributed by atoms with Crippen molar-refractivity contribution in [3.63, 3.8) is 0 Å². The lowest BCUT2D eigenvalue weighted by Gasteiger charge is -2.16. The van der Waals surface area contributed by atoms with E-state index in [9.17, 15) is 19.4 Å². The number of nitrogens with zero attached hydrogens (tertiary/aromatic N) is 2. The second-order valence-electron chi connectivity index (χ2n) is 5.26. The van der Waals surface area contributed by atoms with Crippen molar-refractivity contribution in [3.8, 4) is 5.75 Å². The highest BCUT2D eigenvalue weighted by molar-refractivity contribution is 6.02. The van der Waals surface area contributed by atoms with Gasteiger partial charge in [-0.3, -0.25) is 4.79 Å². The number of hydrogen-bond acceptors (Lipinski definition) is 4. The van der Waals surface area contributed by atoms with Gasteiger partial charge in [-0.05, 0) is 35.4 Å². The van der Waals surface area contributed by atoms with Crippen molar-refractivity contribution in [2.45, 2.75) is 12.5 Å². The zero-order chi connectivity index (χ0) is 16.4. The fourth-order valence-corrected chi connectivity index (χ4v) is 2.44. The number of phenols is 1. The lowest BCUT2D eigenvalue weighted by Crippen LogP contribution is -2.29.